The Morgan fingerprint density at radius 3 is 2.97 bits per heavy atom. The summed E-state index contributed by atoms with van der Waals surface area (Å²) in [7, 11) is 1.83. The van der Waals surface area contributed by atoms with Crippen LogP contribution in [0.2, 0.25) is 0 Å². The summed E-state index contributed by atoms with van der Waals surface area (Å²) in [5.41, 5.74) is 2.65. The van der Waals surface area contributed by atoms with Gasteiger partial charge in [0.1, 0.15) is 11.4 Å². The van der Waals surface area contributed by atoms with Crippen LogP contribution in [0.25, 0.3) is 0 Å². The fourth-order valence-electron chi connectivity index (χ4n) is 4.60. The molecule has 170 valence electrons. The number of aromatic nitrogens is 2. The highest BCUT2D eigenvalue weighted by Crippen LogP contribution is 2.25. The van der Waals surface area contributed by atoms with Gasteiger partial charge in [-0.1, -0.05) is 43.7 Å². The molecule has 3 heterocycles. The maximum Gasteiger partial charge on any atom is 0.272 e. The van der Waals surface area contributed by atoms with Crippen molar-refractivity contribution in [3.63, 3.8) is 0 Å². The monoisotopic (exact) mass is 436 g/mol. The van der Waals surface area contributed by atoms with Gasteiger partial charge in [0.2, 0.25) is 0 Å². The zero-order valence-corrected chi connectivity index (χ0v) is 18.9. The van der Waals surface area contributed by atoms with Gasteiger partial charge in [0, 0.05) is 32.1 Å². The van der Waals surface area contributed by atoms with E-state index < -0.39 is 0 Å². The van der Waals surface area contributed by atoms with Crippen LogP contribution < -0.4 is 10.1 Å². The first-order valence-electron chi connectivity index (χ1n) is 11.5. The maximum atomic E-state index is 13.2. The predicted molar refractivity (Wildman–Crippen MR) is 123 cm³/mol. The Hall–Kier alpha value is -3.09. The third kappa shape index (κ3) is 5.03. The molecule has 0 radical (unpaired) electrons. The highest BCUT2D eigenvalue weighted by molar-refractivity contribution is 5.92. The van der Waals surface area contributed by atoms with Crippen LogP contribution >= 0.6 is 0 Å². The highest BCUT2D eigenvalue weighted by atomic mass is 16.5. The number of likely N-dealkylation sites (tertiary alicyclic amines) is 1. The van der Waals surface area contributed by atoms with Gasteiger partial charge in [0.25, 0.3) is 11.8 Å². The number of amides is 2. The minimum absolute atomic E-state index is 0.00180. The number of benzene rings is 1. The van der Waals surface area contributed by atoms with Crippen LogP contribution in [0, 0.1) is 5.92 Å². The smallest absolute Gasteiger partial charge is 0.272 e. The van der Waals surface area contributed by atoms with Gasteiger partial charge >= 0.3 is 0 Å². The lowest BCUT2D eigenvalue weighted by Crippen LogP contribution is -2.53. The third-order valence-electron chi connectivity index (χ3n) is 6.30. The number of rotatable bonds is 3. The van der Waals surface area contributed by atoms with E-state index in [0.29, 0.717) is 18.8 Å². The average Bonchev–Trinajstić information content (AvgIpc) is 3.15. The van der Waals surface area contributed by atoms with Gasteiger partial charge in [-0.05, 0) is 43.4 Å². The van der Waals surface area contributed by atoms with Crippen LogP contribution in [0.1, 0.15) is 47.9 Å². The molecule has 7 nitrogen and oxygen atoms in total. The Labute approximate surface area is 189 Å². The first-order chi connectivity index (χ1) is 15.5. The Morgan fingerprint density at radius 2 is 2.12 bits per heavy atom. The molecule has 4 rings (SSSR count). The largest absolute Gasteiger partial charge is 0.483 e. The molecule has 1 aromatic heterocycles. The van der Waals surface area contributed by atoms with E-state index >= 15 is 0 Å². The summed E-state index contributed by atoms with van der Waals surface area (Å²) >= 11 is 0. The second-order valence-corrected chi connectivity index (χ2v) is 8.68. The van der Waals surface area contributed by atoms with Crippen molar-refractivity contribution in [2.24, 2.45) is 13.0 Å². The van der Waals surface area contributed by atoms with Crippen LogP contribution in [0.5, 0.6) is 5.75 Å². The molecule has 2 aliphatic rings. The highest BCUT2D eigenvalue weighted by Gasteiger charge is 2.33. The van der Waals surface area contributed by atoms with Crippen LogP contribution in [0.3, 0.4) is 0 Å². The Kier molecular flexibility index (Phi) is 6.93. The second-order valence-electron chi connectivity index (χ2n) is 8.68. The zero-order chi connectivity index (χ0) is 22.5. The molecule has 7 heteroatoms. The fraction of sp³-hybridized carbons (Fsp3) is 0.480. The van der Waals surface area contributed by atoms with Crippen molar-refractivity contribution >= 4 is 11.8 Å². The molecule has 1 fully saturated rings. The molecule has 0 bridgehead atoms. The number of fused-ring (bicyclic) bond motifs is 2. The van der Waals surface area contributed by atoms with E-state index in [1.807, 2.05) is 42.3 Å². The minimum atomic E-state index is -0.116. The minimum Gasteiger partial charge on any atom is -0.483 e. The quantitative estimate of drug-likeness (QED) is 0.751. The van der Waals surface area contributed by atoms with Crippen LogP contribution in [0.4, 0.5) is 0 Å². The van der Waals surface area contributed by atoms with Crippen molar-refractivity contribution in [1.82, 2.24) is 20.0 Å². The molecule has 0 saturated carbocycles. The van der Waals surface area contributed by atoms with Crippen molar-refractivity contribution in [3.05, 3.63) is 59.4 Å². The Morgan fingerprint density at radius 1 is 1.28 bits per heavy atom. The number of carbonyl (C=O) groups is 2. The van der Waals surface area contributed by atoms with Gasteiger partial charge in [0.05, 0.1) is 5.69 Å². The van der Waals surface area contributed by atoms with E-state index in [2.05, 4.69) is 29.5 Å². The van der Waals surface area contributed by atoms with E-state index in [1.54, 1.807) is 4.68 Å². The SMILES string of the molecule is CCCc1cc(C(=O)N2CC[C@H]3NC(=O)COc4ccccc4C/C=C/C[C@H]3C2)n(C)n1. The van der Waals surface area contributed by atoms with Gasteiger partial charge in [-0.2, -0.15) is 5.10 Å². The summed E-state index contributed by atoms with van der Waals surface area (Å²) < 4.78 is 7.48. The number of aryl methyl sites for hydroxylation is 2. The van der Waals surface area contributed by atoms with Crippen LogP contribution in [-0.2, 0) is 24.7 Å². The topological polar surface area (TPSA) is 76.5 Å². The summed E-state index contributed by atoms with van der Waals surface area (Å²) in [6, 6.07) is 9.76. The Balaban J connectivity index is 1.48. The van der Waals surface area contributed by atoms with Crippen molar-refractivity contribution in [3.8, 4) is 5.75 Å². The number of nitrogens with zero attached hydrogens (tertiary/aromatic N) is 3. The second kappa shape index (κ2) is 10.0. The molecule has 2 aliphatic heterocycles. The summed E-state index contributed by atoms with van der Waals surface area (Å²) in [6.07, 6.45) is 8.48. The summed E-state index contributed by atoms with van der Waals surface area (Å²) in [4.78, 5) is 27.7. The molecule has 32 heavy (non-hydrogen) atoms. The molecule has 2 aromatic rings. The number of hydrogen-bond acceptors (Lipinski definition) is 4. The van der Waals surface area contributed by atoms with Crippen molar-refractivity contribution in [1.29, 1.82) is 0 Å². The van der Waals surface area contributed by atoms with E-state index in [4.69, 9.17) is 4.74 Å². The maximum absolute atomic E-state index is 13.2. The lowest BCUT2D eigenvalue weighted by molar-refractivity contribution is -0.124. The number of ether oxygens (including phenoxy) is 1. The standard InChI is InChI=1S/C25H32N4O3/c1-3-8-20-15-22(28(2)27-20)25(31)29-14-13-21-19(16-29)11-5-4-9-18-10-6-7-12-23(18)32-17-24(30)26-21/h4-7,10,12,15,19,21H,3,8-9,11,13-14,16-17H2,1-2H3,(H,26,30)/b5-4+/t19-,21+/m0/s1. The summed E-state index contributed by atoms with van der Waals surface area (Å²) in [6.45, 7) is 3.33. The molecule has 1 N–H and O–H groups in total. The zero-order valence-electron chi connectivity index (χ0n) is 18.9. The molecule has 0 aliphatic carbocycles. The number of para-hydroxylation sites is 1. The molecule has 1 aromatic carbocycles. The fourth-order valence-corrected chi connectivity index (χ4v) is 4.60. The van der Waals surface area contributed by atoms with Gasteiger partial charge in [0.15, 0.2) is 6.61 Å². The Bertz CT molecular complexity index is 997. The number of hydrogen-bond donors (Lipinski definition) is 1. The van der Waals surface area contributed by atoms with E-state index in [9.17, 15) is 9.59 Å². The molecule has 0 spiro atoms. The van der Waals surface area contributed by atoms with Gasteiger partial charge < -0.3 is 15.0 Å². The van der Waals surface area contributed by atoms with Crippen molar-refractivity contribution in [2.75, 3.05) is 19.7 Å². The van der Waals surface area contributed by atoms with Crippen molar-refractivity contribution < 1.29 is 14.3 Å². The molecular weight excluding hydrogens is 404 g/mol. The van der Waals surface area contributed by atoms with E-state index in [0.717, 1.165) is 49.1 Å². The molecular formula is C25H32N4O3. The first kappa shape index (κ1) is 22.1. The van der Waals surface area contributed by atoms with Crippen LogP contribution in [0.15, 0.2) is 42.5 Å². The third-order valence-corrected chi connectivity index (χ3v) is 6.30. The molecule has 0 unspecified atom stereocenters. The lowest BCUT2D eigenvalue weighted by atomic mass is 9.88. The molecule has 2 atom stereocenters. The number of piperidine rings is 1. The van der Waals surface area contributed by atoms with Gasteiger partial charge in [-0.15, -0.1) is 0 Å². The van der Waals surface area contributed by atoms with E-state index in [1.165, 1.54) is 0 Å². The normalized spacial score (nSPS) is 22.4. The number of nitrogens with one attached hydrogen (secondary N) is 1. The van der Waals surface area contributed by atoms with Crippen LogP contribution in [-0.4, -0.2) is 52.2 Å². The number of allylic oxidation sites excluding steroid dienone is 2. The first-order valence-corrected chi connectivity index (χ1v) is 11.5. The van der Waals surface area contributed by atoms with Crippen molar-refractivity contribution in [2.45, 2.75) is 45.1 Å². The summed E-state index contributed by atoms with van der Waals surface area (Å²) in [5.74, 6) is 0.809. The van der Waals surface area contributed by atoms with Gasteiger partial charge in [-0.3, -0.25) is 14.3 Å². The predicted octanol–water partition coefficient (Wildman–Crippen LogP) is 2.90. The lowest BCUT2D eigenvalue weighted by Gasteiger charge is -2.38. The van der Waals surface area contributed by atoms with E-state index in [-0.39, 0.29) is 30.4 Å². The molecule has 2 amide bonds. The van der Waals surface area contributed by atoms with Gasteiger partial charge in [-0.25, -0.2) is 0 Å². The number of carbonyl (C=O) groups excluding carboxylic acids is 2. The molecule has 1 saturated heterocycles. The summed E-state index contributed by atoms with van der Waals surface area (Å²) in [5, 5.41) is 7.63. The average molecular weight is 437 g/mol.